The van der Waals surface area contributed by atoms with Gasteiger partial charge in [-0.15, -0.1) is 12.4 Å². The molecule has 0 saturated carbocycles. The fraction of sp³-hybridized carbons (Fsp3) is 0.850. The van der Waals surface area contributed by atoms with Crippen molar-refractivity contribution in [1.29, 1.82) is 0 Å². The van der Waals surface area contributed by atoms with Gasteiger partial charge in [0.05, 0.1) is 0 Å². The number of hydrogen-bond acceptors (Lipinski definition) is 5. The van der Waals surface area contributed by atoms with Crippen molar-refractivity contribution in [2.45, 2.75) is 206 Å². The molecule has 46 heavy (non-hydrogen) atoms. The first-order valence-corrected chi connectivity index (χ1v) is 19.3. The van der Waals surface area contributed by atoms with Crippen LogP contribution in [0.1, 0.15) is 201 Å². The summed E-state index contributed by atoms with van der Waals surface area (Å²) in [5, 5.41) is 0. The van der Waals surface area contributed by atoms with E-state index in [9.17, 15) is 9.59 Å². The van der Waals surface area contributed by atoms with Crippen LogP contribution in [0.2, 0.25) is 0 Å². The molecule has 0 N–H and O–H groups in total. The van der Waals surface area contributed by atoms with Gasteiger partial charge in [-0.3, -0.25) is 9.59 Å². The molecule has 0 aromatic heterocycles. The van der Waals surface area contributed by atoms with Crippen molar-refractivity contribution < 1.29 is 19.1 Å². The Morgan fingerprint density at radius 2 is 0.739 bits per heavy atom. The fourth-order valence-electron chi connectivity index (χ4n) is 5.41. The minimum atomic E-state index is -1.36. The van der Waals surface area contributed by atoms with Gasteiger partial charge >= 0.3 is 17.8 Å². The highest BCUT2D eigenvalue weighted by Gasteiger charge is 2.35. The van der Waals surface area contributed by atoms with Crippen molar-refractivity contribution >= 4 is 24.3 Å². The van der Waals surface area contributed by atoms with Gasteiger partial charge in [-0.05, 0) is 78.3 Å². The van der Waals surface area contributed by atoms with E-state index in [4.69, 9.17) is 9.47 Å². The third-order valence-corrected chi connectivity index (χ3v) is 8.70. The van der Waals surface area contributed by atoms with Crippen LogP contribution >= 0.6 is 12.4 Å². The summed E-state index contributed by atoms with van der Waals surface area (Å²) in [6, 6.07) is 0. The summed E-state index contributed by atoms with van der Waals surface area (Å²) in [7, 11) is 3.54. The Kier molecular flexibility index (Phi) is 35.6. The van der Waals surface area contributed by atoms with Crippen LogP contribution in [-0.2, 0) is 19.1 Å². The lowest BCUT2D eigenvalue weighted by molar-refractivity contribution is -0.269. The molecule has 6 heteroatoms. The minimum absolute atomic E-state index is 0. The van der Waals surface area contributed by atoms with E-state index in [1.807, 2.05) is 0 Å². The molecule has 0 saturated heterocycles. The molecule has 0 aliphatic carbocycles. The van der Waals surface area contributed by atoms with Gasteiger partial charge in [0.15, 0.2) is 0 Å². The number of allylic oxidation sites excluding steroid dienone is 4. The highest BCUT2D eigenvalue weighted by atomic mass is 35.5. The quantitative estimate of drug-likeness (QED) is 0.0301. The highest BCUT2D eigenvalue weighted by molar-refractivity contribution is 5.85. The Morgan fingerprint density at radius 1 is 0.478 bits per heavy atom. The topological polar surface area (TPSA) is 55.8 Å². The maximum atomic E-state index is 12.5. The Bertz CT molecular complexity index is 683. The van der Waals surface area contributed by atoms with Gasteiger partial charge in [0, 0.05) is 19.8 Å². The van der Waals surface area contributed by atoms with E-state index in [-0.39, 0.29) is 24.3 Å². The molecule has 0 aromatic rings. The second-order valence-electron chi connectivity index (χ2n) is 13.4. The summed E-state index contributed by atoms with van der Waals surface area (Å²) < 4.78 is 11.3. The minimum Gasteiger partial charge on any atom is -0.409 e. The molecule has 0 rings (SSSR count). The Balaban J connectivity index is 0. The molecule has 0 unspecified atom stereocenters. The third kappa shape index (κ3) is 31.3. The zero-order valence-electron chi connectivity index (χ0n) is 31.1. The molecule has 0 bridgehead atoms. The second-order valence-corrected chi connectivity index (χ2v) is 13.4. The molecule has 0 aliphatic heterocycles. The summed E-state index contributed by atoms with van der Waals surface area (Å²) in [4.78, 5) is 26.7. The SMILES string of the molecule is CCCCCCCCC=CCCCCCCCC(=O)OC(C)(OC(=O)CCCCCCCC=CCCCCCCCC)N(C)C.Cl. The van der Waals surface area contributed by atoms with Crippen LogP contribution in [0.25, 0.3) is 0 Å². The van der Waals surface area contributed by atoms with Gasteiger partial charge in [-0.1, -0.05) is 141 Å². The van der Waals surface area contributed by atoms with E-state index in [0.29, 0.717) is 12.8 Å². The number of rotatable bonds is 33. The highest BCUT2D eigenvalue weighted by Crippen LogP contribution is 2.20. The van der Waals surface area contributed by atoms with Crippen molar-refractivity contribution in [3.8, 4) is 0 Å². The van der Waals surface area contributed by atoms with Crippen molar-refractivity contribution in [2.24, 2.45) is 0 Å². The number of halogens is 1. The lowest BCUT2D eigenvalue weighted by atomic mass is 10.1. The van der Waals surface area contributed by atoms with Gasteiger partial charge in [0.25, 0.3) is 0 Å². The molecular formula is C40H76ClNO4. The largest absolute Gasteiger partial charge is 0.409 e. The summed E-state index contributed by atoms with van der Waals surface area (Å²) >= 11 is 0. The third-order valence-electron chi connectivity index (χ3n) is 8.70. The maximum absolute atomic E-state index is 12.5. The standard InChI is InChI=1S/C40H75NO4.ClH/c1-6-8-10-12-14-16-18-20-22-24-26-28-30-32-34-36-38(42)44-40(3,41(4)5)45-39(43)37-35-33-31-29-27-25-23-21-19-17-15-13-11-9-7-2;/h20-23H,6-19,24-37H2,1-5H3;1H. The Morgan fingerprint density at radius 3 is 1.02 bits per heavy atom. The molecule has 0 aliphatic rings. The molecular weight excluding hydrogens is 594 g/mol. The van der Waals surface area contributed by atoms with Gasteiger partial charge in [0.1, 0.15) is 0 Å². The summed E-state index contributed by atoms with van der Waals surface area (Å²) in [6.45, 7) is 6.18. The van der Waals surface area contributed by atoms with Crippen molar-refractivity contribution in [3.05, 3.63) is 24.3 Å². The number of nitrogens with zero attached hydrogens (tertiary/aromatic N) is 1. The second kappa shape index (κ2) is 35.0. The lowest BCUT2D eigenvalue weighted by Crippen LogP contribution is -2.49. The van der Waals surface area contributed by atoms with Crippen LogP contribution in [0.15, 0.2) is 24.3 Å². The van der Waals surface area contributed by atoms with Crippen LogP contribution in [0, 0.1) is 0 Å². The van der Waals surface area contributed by atoms with Gasteiger partial charge < -0.3 is 9.47 Å². The Hall–Kier alpha value is -1.33. The molecule has 0 atom stereocenters. The van der Waals surface area contributed by atoms with Crippen LogP contribution in [-0.4, -0.2) is 36.8 Å². The molecule has 5 nitrogen and oxygen atoms in total. The van der Waals surface area contributed by atoms with E-state index >= 15 is 0 Å². The lowest BCUT2D eigenvalue weighted by Gasteiger charge is -2.34. The van der Waals surface area contributed by atoms with E-state index in [1.165, 1.54) is 116 Å². The van der Waals surface area contributed by atoms with Crippen molar-refractivity contribution in [2.75, 3.05) is 14.1 Å². The van der Waals surface area contributed by atoms with Crippen LogP contribution in [0.3, 0.4) is 0 Å². The predicted octanol–water partition coefficient (Wildman–Crippen LogP) is 12.8. The van der Waals surface area contributed by atoms with E-state index < -0.39 is 5.91 Å². The molecule has 0 spiro atoms. The molecule has 272 valence electrons. The van der Waals surface area contributed by atoms with Gasteiger partial charge in [0.2, 0.25) is 0 Å². The van der Waals surface area contributed by atoms with E-state index in [1.54, 1.807) is 25.9 Å². The number of ether oxygens (including phenoxy) is 2. The number of esters is 2. The van der Waals surface area contributed by atoms with E-state index in [0.717, 1.165) is 51.4 Å². The zero-order chi connectivity index (χ0) is 33.3. The molecule has 0 radical (unpaired) electrons. The molecule has 0 aromatic carbocycles. The number of unbranched alkanes of at least 4 members (excludes halogenated alkanes) is 22. The summed E-state index contributed by atoms with van der Waals surface area (Å²) in [6.07, 6.45) is 41.8. The van der Waals surface area contributed by atoms with E-state index in [2.05, 4.69) is 38.2 Å². The molecule has 0 heterocycles. The number of carbonyl (C=O) groups excluding carboxylic acids is 2. The molecule has 0 amide bonds. The van der Waals surface area contributed by atoms with Crippen molar-refractivity contribution in [3.63, 3.8) is 0 Å². The first-order chi connectivity index (χ1) is 21.9. The number of hydrogen-bond donors (Lipinski definition) is 0. The molecule has 0 fully saturated rings. The normalized spacial score (nSPS) is 12.9. The van der Waals surface area contributed by atoms with Crippen LogP contribution < -0.4 is 0 Å². The predicted molar refractivity (Wildman–Crippen MR) is 200 cm³/mol. The Labute approximate surface area is 292 Å². The summed E-state index contributed by atoms with van der Waals surface area (Å²) in [5.41, 5.74) is 0. The summed E-state index contributed by atoms with van der Waals surface area (Å²) in [5.74, 6) is -1.98. The zero-order valence-corrected chi connectivity index (χ0v) is 31.9. The van der Waals surface area contributed by atoms with Gasteiger partial charge in [-0.25, -0.2) is 4.90 Å². The van der Waals surface area contributed by atoms with Crippen LogP contribution in [0.4, 0.5) is 0 Å². The average molecular weight is 671 g/mol. The monoisotopic (exact) mass is 670 g/mol. The van der Waals surface area contributed by atoms with Crippen LogP contribution in [0.5, 0.6) is 0 Å². The first-order valence-electron chi connectivity index (χ1n) is 19.3. The van der Waals surface area contributed by atoms with Crippen molar-refractivity contribution in [1.82, 2.24) is 4.90 Å². The first kappa shape index (κ1) is 46.8. The average Bonchev–Trinajstić information content (AvgIpc) is 3.00. The smallest absolute Gasteiger partial charge is 0.317 e. The maximum Gasteiger partial charge on any atom is 0.317 e. The fourth-order valence-corrected chi connectivity index (χ4v) is 5.41. The number of carbonyl (C=O) groups is 2. The van der Waals surface area contributed by atoms with Gasteiger partial charge in [-0.2, -0.15) is 0 Å².